The van der Waals surface area contributed by atoms with E-state index in [2.05, 4.69) is 27.0 Å². The third-order valence-corrected chi connectivity index (χ3v) is 4.85. The first-order chi connectivity index (χ1) is 11.1. The molecule has 2 aromatic carbocycles. The molecule has 2 atom stereocenters. The van der Waals surface area contributed by atoms with Gasteiger partial charge in [-0.25, -0.2) is 4.98 Å². The Bertz CT molecular complexity index is 874. The number of aryl methyl sites for hydroxylation is 1. The minimum absolute atomic E-state index is 0.0467. The predicted octanol–water partition coefficient (Wildman–Crippen LogP) is 2.97. The van der Waals surface area contributed by atoms with E-state index in [4.69, 9.17) is 11.6 Å². The Morgan fingerprint density at radius 3 is 3.00 bits per heavy atom. The van der Waals surface area contributed by atoms with E-state index in [1.165, 1.54) is 11.1 Å². The second-order valence-electron chi connectivity index (χ2n) is 6.05. The Morgan fingerprint density at radius 2 is 2.13 bits per heavy atom. The Kier molecular flexibility index (Phi) is 3.60. The quantitative estimate of drug-likeness (QED) is 0.777. The van der Waals surface area contributed by atoms with Crippen molar-refractivity contribution in [2.24, 2.45) is 7.05 Å². The normalized spacial score (nSPS) is 20.1. The average Bonchev–Trinajstić information content (AvgIpc) is 3.02. The van der Waals surface area contributed by atoms with Crippen LogP contribution in [0.4, 0.5) is 0 Å². The predicted molar refractivity (Wildman–Crippen MR) is 91.5 cm³/mol. The van der Waals surface area contributed by atoms with E-state index < -0.39 is 6.10 Å². The molecule has 1 aliphatic carbocycles. The number of fused-ring (bicyclic) bond motifs is 2. The zero-order valence-electron chi connectivity index (χ0n) is 12.8. The van der Waals surface area contributed by atoms with Crippen LogP contribution in [-0.2, 0) is 20.0 Å². The molecule has 0 fully saturated rings. The van der Waals surface area contributed by atoms with Gasteiger partial charge in [0.05, 0.1) is 29.7 Å². The van der Waals surface area contributed by atoms with Crippen LogP contribution in [0.5, 0.6) is 0 Å². The van der Waals surface area contributed by atoms with Crippen molar-refractivity contribution in [1.29, 1.82) is 0 Å². The maximum Gasteiger partial charge on any atom is 0.123 e. The van der Waals surface area contributed by atoms with E-state index in [-0.39, 0.29) is 6.04 Å². The molecule has 0 radical (unpaired) electrons. The van der Waals surface area contributed by atoms with Gasteiger partial charge in [-0.15, -0.1) is 0 Å². The van der Waals surface area contributed by atoms with Gasteiger partial charge in [0.2, 0.25) is 0 Å². The highest BCUT2D eigenvalue weighted by molar-refractivity contribution is 6.31. The lowest BCUT2D eigenvalue weighted by atomic mass is 10.1. The van der Waals surface area contributed by atoms with Crippen molar-refractivity contribution in [2.45, 2.75) is 25.1 Å². The van der Waals surface area contributed by atoms with Crippen LogP contribution in [-0.4, -0.2) is 20.8 Å². The van der Waals surface area contributed by atoms with Gasteiger partial charge in [0.25, 0.3) is 0 Å². The fourth-order valence-corrected chi connectivity index (χ4v) is 3.57. The van der Waals surface area contributed by atoms with Gasteiger partial charge in [-0.05, 0) is 29.3 Å². The number of imidazole rings is 1. The fraction of sp³-hybridized carbons (Fsp3) is 0.278. The SMILES string of the molecule is Cn1c(CN[C@@H]2c3ccccc3C[C@@H]2O)nc2cc(Cl)ccc21. The summed E-state index contributed by atoms with van der Waals surface area (Å²) >= 11 is 6.04. The van der Waals surface area contributed by atoms with E-state index in [1.807, 2.05) is 37.4 Å². The van der Waals surface area contributed by atoms with E-state index >= 15 is 0 Å². The Hall–Kier alpha value is -1.88. The molecule has 5 heteroatoms. The Balaban J connectivity index is 1.59. The largest absolute Gasteiger partial charge is 0.391 e. The molecule has 4 rings (SSSR count). The topological polar surface area (TPSA) is 50.1 Å². The smallest absolute Gasteiger partial charge is 0.123 e. The summed E-state index contributed by atoms with van der Waals surface area (Å²) in [4.78, 5) is 4.65. The number of aliphatic hydroxyl groups is 1. The van der Waals surface area contributed by atoms with Crippen molar-refractivity contribution in [3.63, 3.8) is 0 Å². The first-order valence-corrected chi connectivity index (χ1v) is 8.11. The first kappa shape index (κ1) is 14.7. The van der Waals surface area contributed by atoms with Gasteiger partial charge in [-0.2, -0.15) is 0 Å². The minimum Gasteiger partial charge on any atom is -0.391 e. The molecule has 4 nitrogen and oxygen atoms in total. The van der Waals surface area contributed by atoms with Crippen LogP contribution in [0.2, 0.25) is 5.02 Å². The molecule has 3 aromatic rings. The highest BCUT2D eigenvalue weighted by atomic mass is 35.5. The van der Waals surface area contributed by atoms with E-state index in [9.17, 15) is 5.11 Å². The molecule has 0 unspecified atom stereocenters. The summed E-state index contributed by atoms with van der Waals surface area (Å²) in [5.41, 5.74) is 4.35. The summed E-state index contributed by atoms with van der Waals surface area (Å²) in [6.07, 6.45) is 0.308. The molecule has 0 spiro atoms. The van der Waals surface area contributed by atoms with Crippen LogP contribution >= 0.6 is 11.6 Å². The van der Waals surface area contributed by atoms with Crippen molar-refractivity contribution in [2.75, 3.05) is 0 Å². The maximum absolute atomic E-state index is 10.3. The van der Waals surface area contributed by atoms with Crippen molar-refractivity contribution < 1.29 is 5.11 Å². The first-order valence-electron chi connectivity index (χ1n) is 7.73. The lowest BCUT2D eigenvalue weighted by molar-refractivity contribution is 0.140. The van der Waals surface area contributed by atoms with E-state index in [0.29, 0.717) is 18.0 Å². The van der Waals surface area contributed by atoms with Crippen LogP contribution in [0.1, 0.15) is 23.0 Å². The van der Waals surface area contributed by atoms with Crippen molar-refractivity contribution in [1.82, 2.24) is 14.9 Å². The van der Waals surface area contributed by atoms with Crippen molar-refractivity contribution in [3.05, 3.63) is 64.4 Å². The zero-order valence-corrected chi connectivity index (χ0v) is 13.6. The minimum atomic E-state index is -0.392. The molecule has 1 aliphatic rings. The van der Waals surface area contributed by atoms with Crippen LogP contribution in [0.25, 0.3) is 11.0 Å². The molecule has 0 saturated carbocycles. The number of aromatic nitrogens is 2. The summed E-state index contributed by atoms with van der Waals surface area (Å²) in [6, 6.07) is 13.9. The summed E-state index contributed by atoms with van der Waals surface area (Å²) in [5, 5.41) is 14.5. The van der Waals surface area contributed by atoms with Gasteiger partial charge in [-0.3, -0.25) is 0 Å². The summed E-state index contributed by atoms with van der Waals surface area (Å²) in [7, 11) is 2.00. The van der Waals surface area contributed by atoms with Crippen LogP contribution in [0.3, 0.4) is 0 Å². The number of hydrogen-bond donors (Lipinski definition) is 2. The molecule has 1 aromatic heterocycles. The molecular formula is C18H18ClN3O. The molecule has 2 N–H and O–H groups in total. The lowest BCUT2D eigenvalue weighted by Crippen LogP contribution is -2.29. The summed E-state index contributed by atoms with van der Waals surface area (Å²) in [6.45, 7) is 0.596. The zero-order chi connectivity index (χ0) is 16.0. The molecule has 23 heavy (non-hydrogen) atoms. The number of nitrogens with one attached hydrogen (secondary N) is 1. The molecule has 0 aliphatic heterocycles. The number of benzene rings is 2. The van der Waals surface area contributed by atoms with Gasteiger partial charge in [0.15, 0.2) is 0 Å². The number of nitrogens with zero attached hydrogens (tertiary/aromatic N) is 2. The molecule has 1 heterocycles. The van der Waals surface area contributed by atoms with Crippen LogP contribution < -0.4 is 5.32 Å². The third-order valence-electron chi connectivity index (χ3n) is 4.62. The average molecular weight is 328 g/mol. The summed E-state index contributed by atoms with van der Waals surface area (Å²) in [5.74, 6) is 0.929. The van der Waals surface area contributed by atoms with E-state index in [0.717, 1.165) is 16.9 Å². The van der Waals surface area contributed by atoms with Crippen LogP contribution in [0, 0.1) is 0 Å². The standard InChI is InChI=1S/C18H18ClN3O/c1-22-15-7-6-12(19)9-14(15)21-17(22)10-20-18-13-5-3-2-4-11(13)8-16(18)23/h2-7,9,16,18,20,23H,8,10H2,1H3/t16-,18+/m0/s1. The van der Waals surface area contributed by atoms with Gasteiger partial charge >= 0.3 is 0 Å². The number of hydrogen-bond acceptors (Lipinski definition) is 3. The Labute approximate surface area is 139 Å². The van der Waals surface area contributed by atoms with Crippen molar-refractivity contribution in [3.8, 4) is 0 Å². The summed E-state index contributed by atoms with van der Waals surface area (Å²) < 4.78 is 2.06. The lowest BCUT2D eigenvalue weighted by Gasteiger charge is -2.17. The van der Waals surface area contributed by atoms with Crippen molar-refractivity contribution >= 4 is 22.6 Å². The monoisotopic (exact) mass is 327 g/mol. The molecule has 0 saturated heterocycles. The van der Waals surface area contributed by atoms with Gasteiger partial charge < -0.3 is 15.0 Å². The molecule has 0 amide bonds. The highest BCUT2D eigenvalue weighted by Crippen LogP contribution is 2.31. The van der Waals surface area contributed by atoms with Gasteiger partial charge in [-0.1, -0.05) is 35.9 Å². The molecule has 0 bridgehead atoms. The maximum atomic E-state index is 10.3. The number of rotatable bonds is 3. The number of halogens is 1. The van der Waals surface area contributed by atoms with E-state index in [1.54, 1.807) is 0 Å². The molecular weight excluding hydrogens is 310 g/mol. The number of aliphatic hydroxyl groups excluding tert-OH is 1. The van der Waals surface area contributed by atoms with Gasteiger partial charge in [0.1, 0.15) is 5.82 Å². The fourth-order valence-electron chi connectivity index (χ4n) is 3.40. The molecule has 118 valence electrons. The highest BCUT2D eigenvalue weighted by Gasteiger charge is 2.30. The second-order valence-corrected chi connectivity index (χ2v) is 6.49. The third kappa shape index (κ3) is 2.53. The second kappa shape index (κ2) is 5.64. The Morgan fingerprint density at radius 1 is 1.30 bits per heavy atom. The van der Waals surface area contributed by atoms with Crippen LogP contribution in [0.15, 0.2) is 42.5 Å². The van der Waals surface area contributed by atoms with Gasteiger partial charge in [0, 0.05) is 18.5 Å².